The van der Waals surface area contributed by atoms with Gasteiger partial charge in [0.05, 0.1) is 0 Å². The van der Waals surface area contributed by atoms with Crippen LogP contribution in [0.4, 0.5) is 0 Å². The standard InChI is InChI=1S/C15H18ClN3O/c1-3-13-9-14(18-17-13)15(20)19(4-2)10-11-6-5-7-12(16)8-11/h5-9H,3-4,10H2,1-2H3,(H,17,18). The number of rotatable bonds is 5. The first-order chi connectivity index (χ1) is 9.63. The Balaban J connectivity index is 2.13. The van der Waals surface area contributed by atoms with Gasteiger partial charge in [-0.3, -0.25) is 9.89 Å². The zero-order chi connectivity index (χ0) is 14.5. The van der Waals surface area contributed by atoms with Gasteiger partial charge in [-0.15, -0.1) is 0 Å². The Hall–Kier alpha value is -1.81. The predicted octanol–water partition coefficient (Wildman–Crippen LogP) is 3.29. The smallest absolute Gasteiger partial charge is 0.274 e. The van der Waals surface area contributed by atoms with Crippen LogP contribution in [0.1, 0.15) is 35.6 Å². The zero-order valence-corrected chi connectivity index (χ0v) is 12.4. The van der Waals surface area contributed by atoms with Gasteiger partial charge in [0, 0.05) is 23.8 Å². The highest BCUT2D eigenvalue weighted by Crippen LogP contribution is 2.14. The van der Waals surface area contributed by atoms with Crippen LogP contribution in [0.3, 0.4) is 0 Å². The molecular weight excluding hydrogens is 274 g/mol. The summed E-state index contributed by atoms with van der Waals surface area (Å²) in [6, 6.07) is 9.36. The van der Waals surface area contributed by atoms with Crippen LogP contribution in [-0.4, -0.2) is 27.5 Å². The van der Waals surface area contributed by atoms with Gasteiger partial charge in [0.25, 0.3) is 5.91 Å². The first kappa shape index (κ1) is 14.6. The molecular formula is C15H18ClN3O. The van der Waals surface area contributed by atoms with Crippen molar-refractivity contribution in [3.8, 4) is 0 Å². The van der Waals surface area contributed by atoms with Crippen LogP contribution in [0.5, 0.6) is 0 Å². The quantitative estimate of drug-likeness (QED) is 0.919. The fraction of sp³-hybridized carbons (Fsp3) is 0.333. The van der Waals surface area contributed by atoms with Crippen molar-refractivity contribution in [2.24, 2.45) is 0 Å². The van der Waals surface area contributed by atoms with Crippen LogP contribution in [0, 0.1) is 0 Å². The van der Waals surface area contributed by atoms with Crippen molar-refractivity contribution in [1.29, 1.82) is 0 Å². The van der Waals surface area contributed by atoms with Crippen molar-refractivity contribution < 1.29 is 4.79 Å². The molecule has 0 unspecified atom stereocenters. The van der Waals surface area contributed by atoms with Gasteiger partial charge in [-0.2, -0.15) is 5.10 Å². The average molecular weight is 292 g/mol. The number of nitrogens with one attached hydrogen (secondary N) is 1. The third kappa shape index (κ3) is 3.39. The highest BCUT2D eigenvalue weighted by molar-refractivity contribution is 6.30. The van der Waals surface area contributed by atoms with E-state index in [2.05, 4.69) is 10.2 Å². The fourth-order valence-corrected chi connectivity index (χ4v) is 2.21. The van der Waals surface area contributed by atoms with E-state index in [4.69, 9.17) is 11.6 Å². The van der Waals surface area contributed by atoms with E-state index in [9.17, 15) is 4.79 Å². The third-order valence-electron chi connectivity index (χ3n) is 3.16. The molecule has 4 nitrogen and oxygen atoms in total. The van der Waals surface area contributed by atoms with Gasteiger partial charge in [-0.05, 0) is 37.1 Å². The SMILES string of the molecule is CCc1cc(C(=O)N(CC)Cc2cccc(Cl)c2)n[nH]1. The maximum absolute atomic E-state index is 12.4. The molecule has 106 valence electrons. The summed E-state index contributed by atoms with van der Waals surface area (Å²) in [6.07, 6.45) is 0.834. The van der Waals surface area contributed by atoms with Crippen molar-refractivity contribution in [2.75, 3.05) is 6.54 Å². The molecule has 0 aliphatic carbocycles. The Morgan fingerprint density at radius 3 is 2.75 bits per heavy atom. The van der Waals surface area contributed by atoms with E-state index in [-0.39, 0.29) is 5.91 Å². The maximum Gasteiger partial charge on any atom is 0.274 e. The van der Waals surface area contributed by atoms with E-state index < -0.39 is 0 Å². The van der Waals surface area contributed by atoms with Crippen LogP contribution in [0.2, 0.25) is 5.02 Å². The van der Waals surface area contributed by atoms with Gasteiger partial charge in [0.2, 0.25) is 0 Å². The van der Waals surface area contributed by atoms with Crippen LogP contribution in [0.15, 0.2) is 30.3 Å². The molecule has 1 heterocycles. The van der Waals surface area contributed by atoms with Crippen LogP contribution in [0.25, 0.3) is 0 Å². The molecule has 2 aromatic rings. The summed E-state index contributed by atoms with van der Waals surface area (Å²) < 4.78 is 0. The second kappa shape index (κ2) is 6.57. The molecule has 1 amide bonds. The number of H-pyrrole nitrogens is 1. The van der Waals surface area contributed by atoms with Gasteiger partial charge in [-0.1, -0.05) is 30.7 Å². The van der Waals surface area contributed by atoms with E-state index >= 15 is 0 Å². The highest BCUT2D eigenvalue weighted by Gasteiger charge is 2.17. The molecule has 0 spiro atoms. The zero-order valence-electron chi connectivity index (χ0n) is 11.7. The van der Waals surface area contributed by atoms with E-state index in [1.807, 2.05) is 44.2 Å². The molecule has 0 aliphatic heterocycles. The van der Waals surface area contributed by atoms with Gasteiger partial charge >= 0.3 is 0 Å². The number of aryl methyl sites for hydroxylation is 1. The summed E-state index contributed by atoms with van der Waals surface area (Å²) in [5.41, 5.74) is 2.44. The molecule has 1 aromatic heterocycles. The van der Waals surface area contributed by atoms with Gasteiger partial charge in [0.1, 0.15) is 5.69 Å². The highest BCUT2D eigenvalue weighted by atomic mass is 35.5. The van der Waals surface area contributed by atoms with E-state index in [0.717, 1.165) is 17.7 Å². The number of aromatic nitrogens is 2. The van der Waals surface area contributed by atoms with Crippen molar-refractivity contribution in [1.82, 2.24) is 15.1 Å². The van der Waals surface area contributed by atoms with Crippen molar-refractivity contribution in [3.63, 3.8) is 0 Å². The third-order valence-corrected chi connectivity index (χ3v) is 3.40. The Kier molecular flexibility index (Phi) is 4.79. The number of carbonyl (C=O) groups excluding carboxylic acids is 1. The molecule has 1 aromatic carbocycles. The molecule has 0 bridgehead atoms. The van der Waals surface area contributed by atoms with E-state index in [1.54, 1.807) is 4.90 Å². The summed E-state index contributed by atoms with van der Waals surface area (Å²) >= 11 is 5.97. The lowest BCUT2D eigenvalue weighted by atomic mass is 10.2. The normalized spacial score (nSPS) is 10.6. The lowest BCUT2D eigenvalue weighted by molar-refractivity contribution is 0.0746. The summed E-state index contributed by atoms with van der Waals surface area (Å²) in [6.45, 7) is 5.13. The summed E-state index contributed by atoms with van der Waals surface area (Å²) in [5.74, 6) is -0.0663. The lowest BCUT2D eigenvalue weighted by Gasteiger charge is -2.19. The second-order valence-corrected chi connectivity index (χ2v) is 5.02. The Labute approximate surface area is 123 Å². The minimum Gasteiger partial charge on any atom is -0.333 e. The lowest BCUT2D eigenvalue weighted by Crippen LogP contribution is -2.30. The fourth-order valence-electron chi connectivity index (χ4n) is 2.00. The van der Waals surface area contributed by atoms with Crippen LogP contribution < -0.4 is 0 Å². The minimum absolute atomic E-state index is 0.0663. The van der Waals surface area contributed by atoms with Crippen molar-refractivity contribution in [3.05, 3.63) is 52.3 Å². The van der Waals surface area contributed by atoms with Crippen molar-refractivity contribution >= 4 is 17.5 Å². The molecule has 1 N–H and O–H groups in total. The number of hydrogen-bond acceptors (Lipinski definition) is 2. The van der Waals surface area contributed by atoms with Crippen LogP contribution >= 0.6 is 11.6 Å². The number of carbonyl (C=O) groups is 1. The maximum atomic E-state index is 12.4. The van der Waals surface area contributed by atoms with Crippen LogP contribution in [-0.2, 0) is 13.0 Å². The summed E-state index contributed by atoms with van der Waals surface area (Å²) in [4.78, 5) is 14.2. The number of benzene rings is 1. The van der Waals surface area contributed by atoms with Gasteiger partial charge < -0.3 is 4.90 Å². The molecule has 0 saturated heterocycles. The average Bonchev–Trinajstić information content (AvgIpc) is 2.93. The Bertz CT molecular complexity index is 594. The second-order valence-electron chi connectivity index (χ2n) is 4.58. The molecule has 20 heavy (non-hydrogen) atoms. The molecule has 0 saturated carbocycles. The Morgan fingerprint density at radius 1 is 1.35 bits per heavy atom. The number of halogens is 1. The van der Waals surface area contributed by atoms with Crippen molar-refractivity contribution in [2.45, 2.75) is 26.8 Å². The van der Waals surface area contributed by atoms with E-state index in [0.29, 0.717) is 23.8 Å². The Morgan fingerprint density at radius 2 is 2.15 bits per heavy atom. The summed E-state index contributed by atoms with van der Waals surface area (Å²) in [5, 5.41) is 7.62. The first-order valence-corrected chi connectivity index (χ1v) is 7.09. The van der Waals surface area contributed by atoms with Gasteiger partial charge in [-0.25, -0.2) is 0 Å². The topological polar surface area (TPSA) is 49.0 Å². The molecule has 0 atom stereocenters. The predicted molar refractivity (Wildman–Crippen MR) is 79.8 cm³/mol. The largest absolute Gasteiger partial charge is 0.333 e. The minimum atomic E-state index is -0.0663. The molecule has 2 rings (SSSR count). The number of aromatic amines is 1. The van der Waals surface area contributed by atoms with E-state index in [1.165, 1.54) is 0 Å². The molecule has 0 aliphatic rings. The molecule has 0 fully saturated rings. The summed E-state index contributed by atoms with van der Waals surface area (Å²) in [7, 11) is 0. The number of hydrogen-bond donors (Lipinski definition) is 1. The monoisotopic (exact) mass is 291 g/mol. The molecule has 5 heteroatoms. The first-order valence-electron chi connectivity index (χ1n) is 6.72. The molecule has 0 radical (unpaired) electrons. The number of nitrogens with zero attached hydrogens (tertiary/aromatic N) is 2. The number of amides is 1. The van der Waals surface area contributed by atoms with Gasteiger partial charge in [0.15, 0.2) is 0 Å².